The zero-order valence-electron chi connectivity index (χ0n) is 16.0. The summed E-state index contributed by atoms with van der Waals surface area (Å²) in [5.74, 6) is 0.412. The smallest absolute Gasteiger partial charge is 0.142 e. The minimum atomic E-state index is -0.115. The summed E-state index contributed by atoms with van der Waals surface area (Å²) in [5, 5.41) is 2.43. The van der Waals surface area contributed by atoms with E-state index in [1.54, 1.807) is 0 Å². The van der Waals surface area contributed by atoms with Gasteiger partial charge in [0.25, 0.3) is 0 Å². The van der Waals surface area contributed by atoms with Crippen LogP contribution >= 0.6 is 0 Å². The number of hydrogen-bond donors (Lipinski definition) is 0. The fourth-order valence-corrected chi connectivity index (χ4v) is 4.57. The molecule has 4 aromatic rings. The van der Waals surface area contributed by atoms with Gasteiger partial charge in [-0.05, 0) is 29.5 Å². The molecule has 0 spiro atoms. The Hall–Kier alpha value is -2.61. The second-order valence-electron chi connectivity index (χ2n) is 8.33. The first-order valence-electron chi connectivity index (χ1n) is 9.36. The molecule has 0 bridgehead atoms. The van der Waals surface area contributed by atoms with Crippen molar-refractivity contribution in [2.24, 2.45) is 0 Å². The molecule has 130 valence electrons. The topological polar surface area (TPSA) is 26.0 Å². The second-order valence-corrected chi connectivity index (χ2v) is 8.33. The van der Waals surface area contributed by atoms with E-state index >= 15 is 0 Å². The Balaban J connectivity index is 2.12. The van der Waals surface area contributed by atoms with Crippen LogP contribution in [-0.4, -0.2) is 4.98 Å². The normalized spacial score (nSPS) is 15.0. The molecule has 2 heterocycles. The van der Waals surface area contributed by atoms with Crippen LogP contribution in [0.1, 0.15) is 55.9 Å². The molecule has 0 radical (unpaired) electrons. The summed E-state index contributed by atoms with van der Waals surface area (Å²) in [7, 11) is 0. The number of hydrogen-bond acceptors (Lipinski definition) is 2. The van der Waals surface area contributed by atoms with Gasteiger partial charge >= 0.3 is 0 Å². The average molecular weight is 341 g/mol. The van der Waals surface area contributed by atoms with Gasteiger partial charge in [-0.1, -0.05) is 64.1 Å². The van der Waals surface area contributed by atoms with Gasteiger partial charge in [-0.15, -0.1) is 0 Å². The van der Waals surface area contributed by atoms with Crippen LogP contribution in [0.3, 0.4) is 0 Å². The van der Waals surface area contributed by atoms with Crippen molar-refractivity contribution in [1.29, 1.82) is 0 Å². The van der Waals surface area contributed by atoms with Crippen molar-refractivity contribution in [3.63, 3.8) is 0 Å². The molecule has 0 amide bonds. The molecule has 2 nitrogen and oxygen atoms in total. The minimum absolute atomic E-state index is 0.115. The lowest BCUT2D eigenvalue weighted by Crippen LogP contribution is -2.19. The monoisotopic (exact) mass is 341 g/mol. The van der Waals surface area contributed by atoms with Crippen LogP contribution in [0.4, 0.5) is 0 Å². The van der Waals surface area contributed by atoms with Gasteiger partial charge in [-0.2, -0.15) is 0 Å². The summed E-state index contributed by atoms with van der Waals surface area (Å²) in [6.45, 7) is 11.2. The molecular weight excluding hydrogens is 318 g/mol. The van der Waals surface area contributed by atoms with E-state index in [9.17, 15) is 0 Å². The molecule has 0 saturated carbocycles. The Morgan fingerprint density at radius 2 is 1.69 bits per heavy atom. The fourth-order valence-electron chi connectivity index (χ4n) is 4.57. The number of benzene rings is 2. The van der Waals surface area contributed by atoms with Crippen molar-refractivity contribution in [3.8, 4) is 11.3 Å². The highest BCUT2D eigenvalue weighted by atomic mass is 16.3. The van der Waals surface area contributed by atoms with Gasteiger partial charge in [0.15, 0.2) is 0 Å². The molecule has 5 rings (SSSR count). The molecule has 1 aliphatic carbocycles. The Bertz CT molecular complexity index is 1190. The standard InChI is InChI=1S/C24H23NO/c1-13(2)15-10-11-18-19-20-21(25-12-14(3)22(20)26-23(15)19)16-8-6-7-9-17(16)24(18,4)5/h6-13H,1-5H3. The first-order valence-corrected chi connectivity index (χ1v) is 9.36. The first kappa shape index (κ1) is 15.6. The maximum atomic E-state index is 6.50. The first-order chi connectivity index (χ1) is 12.4. The van der Waals surface area contributed by atoms with Crippen molar-refractivity contribution in [2.45, 2.75) is 46.0 Å². The molecule has 0 aliphatic heterocycles. The predicted molar refractivity (Wildman–Crippen MR) is 108 cm³/mol. The third-order valence-corrected chi connectivity index (χ3v) is 6.00. The van der Waals surface area contributed by atoms with E-state index in [1.807, 2.05) is 6.20 Å². The van der Waals surface area contributed by atoms with Crippen molar-refractivity contribution >= 4 is 21.9 Å². The van der Waals surface area contributed by atoms with E-state index in [1.165, 1.54) is 33.0 Å². The van der Waals surface area contributed by atoms with Gasteiger partial charge in [0, 0.05) is 28.1 Å². The molecule has 0 fully saturated rings. The minimum Gasteiger partial charge on any atom is -0.455 e. The highest BCUT2D eigenvalue weighted by Crippen LogP contribution is 2.50. The largest absolute Gasteiger partial charge is 0.455 e. The average Bonchev–Trinajstić information content (AvgIpc) is 2.99. The van der Waals surface area contributed by atoms with Gasteiger partial charge in [-0.25, -0.2) is 0 Å². The number of aromatic nitrogens is 1. The van der Waals surface area contributed by atoms with E-state index in [0.717, 1.165) is 22.4 Å². The van der Waals surface area contributed by atoms with Gasteiger partial charge in [0.1, 0.15) is 11.2 Å². The molecule has 2 heteroatoms. The molecule has 0 N–H and O–H groups in total. The third kappa shape index (κ3) is 1.79. The van der Waals surface area contributed by atoms with Crippen LogP contribution in [-0.2, 0) is 5.41 Å². The highest BCUT2D eigenvalue weighted by molar-refractivity contribution is 6.16. The Morgan fingerprint density at radius 1 is 0.923 bits per heavy atom. The number of pyridine rings is 1. The zero-order chi connectivity index (χ0) is 18.2. The Labute approximate surface area is 153 Å². The lowest BCUT2D eigenvalue weighted by molar-refractivity contribution is 0.636. The summed E-state index contributed by atoms with van der Waals surface area (Å²) >= 11 is 0. The van der Waals surface area contributed by atoms with E-state index < -0.39 is 0 Å². The molecule has 2 aromatic carbocycles. The van der Waals surface area contributed by atoms with Crippen LogP contribution in [0.5, 0.6) is 0 Å². The fraction of sp³-hybridized carbons (Fsp3) is 0.292. The summed E-state index contributed by atoms with van der Waals surface area (Å²) in [6.07, 6.45) is 1.95. The maximum absolute atomic E-state index is 6.50. The summed E-state index contributed by atoms with van der Waals surface area (Å²) < 4.78 is 6.50. The zero-order valence-corrected chi connectivity index (χ0v) is 16.0. The van der Waals surface area contributed by atoms with Gasteiger partial charge in [-0.3, -0.25) is 4.98 Å². The van der Waals surface area contributed by atoms with Crippen molar-refractivity contribution in [3.05, 3.63) is 64.8 Å². The molecule has 0 saturated heterocycles. The van der Waals surface area contributed by atoms with Crippen molar-refractivity contribution < 1.29 is 4.42 Å². The number of rotatable bonds is 1. The molecule has 1 aliphatic rings. The Morgan fingerprint density at radius 3 is 2.46 bits per heavy atom. The van der Waals surface area contributed by atoms with Crippen molar-refractivity contribution in [2.75, 3.05) is 0 Å². The SMILES string of the molecule is Cc1cnc2c3c1oc1c(C(C)C)ccc(c13)C(C)(C)c1ccccc1-2. The molecule has 2 aromatic heterocycles. The van der Waals surface area contributed by atoms with E-state index in [0.29, 0.717) is 5.92 Å². The van der Waals surface area contributed by atoms with E-state index in [-0.39, 0.29) is 5.41 Å². The molecular formula is C24H23NO. The molecule has 0 atom stereocenters. The predicted octanol–water partition coefficient (Wildman–Crippen LogP) is 6.72. The van der Waals surface area contributed by atoms with Crippen LogP contribution in [0.2, 0.25) is 0 Å². The number of furan rings is 1. The van der Waals surface area contributed by atoms with Gasteiger partial charge < -0.3 is 4.42 Å². The lowest BCUT2D eigenvalue weighted by atomic mass is 9.75. The summed E-state index contributed by atoms with van der Waals surface area (Å²) in [4.78, 5) is 4.87. The number of fused-ring (bicyclic) bond motifs is 2. The molecule has 26 heavy (non-hydrogen) atoms. The number of aryl methyl sites for hydroxylation is 1. The lowest BCUT2D eigenvalue weighted by Gasteiger charge is -2.28. The van der Waals surface area contributed by atoms with Crippen molar-refractivity contribution in [1.82, 2.24) is 4.98 Å². The van der Waals surface area contributed by atoms with Crippen LogP contribution in [0.25, 0.3) is 33.2 Å². The summed E-state index contributed by atoms with van der Waals surface area (Å²) in [6, 6.07) is 13.2. The maximum Gasteiger partial charge on any atom is 0.142 e. The summed E-state index contributed by atoms with van der Waals surface area (Å²) in [5.41, 5.74) is 9.18. The Kier molecular flexibility index (Phi) is 2.99. The third-order valence-electron chi connectivity index (χ3n) is 6.00. The van der Waals surface area contributed by atoms with E-state index in [2.05, 4.69) is 71.0 Å². The highest BCUT2D eigenvalue weighted by Gasteiger charge is 2.35. The molecule has 0 unspecified atom stereocenters. The van der Waals surface area contributed by atoms with Gasteiger partial charge in [0.05, 0.1) is 11.1 Å². The van der Waals surface area contributed by atoms with Crippen LogP contribution in [0.15, 0.2) is 47.0 Å². The van der Waals surface area contributed by atoms with Crippen LogP contribution in [0, 0.1) is 6.92 Å². The second kappa shape index (κ2) is 4.97. The van der Waals surface area contributed by atoms with Crippen LogP contribution < -0.4 is 0 Å². The van der Waals surface area contributed by atoms with E-state index in [4.69, 9.17) is 9.40 Å². The number of nitrogens with zero attached hydrogens (tertiary/aromatic N) is 1. The van der Waals surface area contributed by atoms with Gasteiger partial charge in [0.2, 0.25) is 0 Å². The quantitative estimate of drug-likeness (QED) is 0.384.